The van der Waals surface area contributed by atoms with E-state index in [-0.39, 0.29) is 6.42 Å². The van der Waals surface area contributed by atoms with Crippen molar-refractivity contribution in [1.29, 1.82) is 0 Å². The molecule has 18 heavy (non-hydrogen) atoms. The summed E-state index contributed by atoms with van der Waals surface area (Å²) < 4.78 is 9.81. The Bertz CT molecular complexity index is 400. The van der Waals surface area contributed by atoms with Crippen LogP contribution in [0.4, 0.5) is 5.69 Å². The minimum Gasteiger partial charge on any atom is -0.494 e. The van der Waals surface area contributed by atoms with Gasteiger partial charge in [-0.2, -0.15) is 0 Å². The molecule has 0 aliphatic rings. The number of hydrogen-bond donors (Lipinski definition) is 1. The smallest absolute Gasteiger partial charge is 0.315 e. The van der Waals surface area contributed by atoms with Gasteiger partial charge in [-0.05, 0) is 30.7 Å². The number of nitrogens with one attached hydrogen (secondary N) is 1. The van der Waals surface area contributed by atoms with Gasteiger partial charge in [-0.3, -0.25) is 9.59 Å². The lowest BCUT2D eigenvalue weighted by Gasteiger charge is -2.07. The maximum absolute atomic E-state index is 11.4. The Morgan fingerprint density at radius 2 is 1.89 bits per heavy atom. The van der Waals surface area contributed by atoms with Crippen LogP contribution >= 0.6 is 0 Å². The molecule has 0 spiro atoms. The molecule has 0 aliphatic carbocycles. The van der Waals surface area contributed by atoms with Crippen LogP contribution in [0.1, 0.15) is 19.8 Å². The lowest BCUT2D eigenvalue weighted by Crippen LogP contribution is -2.17. The molecule has 1 amide bonds. The van der Waals surface area contributed by atoms with E-state index in [0.717, 1.165) is 12.2 Å². The first-order valence-electron chi connectivity index (χ1n) is 5.75. The average molecular weight is 251 g/mol. The van der Waals surface area contributed by atoms with Crippen molar-refractivity contribution in [3.8, 4) is 5.75 Å². The summed E-state index contributed by atoms with van der Waals surface area (Å²) in [4.78, 5) is 22.3. The summed E-state index contributed by atoms with van der Waals surface area (Å²) in [5, 5.41) is 2.60. The van der Waals surface area contributed by atoms with Crippen LogP contribution < -0.4 is 10.1 Å². The predicted molar refractivity (Wildman–Crippen MR) is 67.5 cm³/mol. The van der Waals surface area contributed by atoms with E-state index in [4.69, 9.17) is 4.74 Å². The van der Waals surface area contributed by atoms with Crippen molar-refractivity contribution in [2.45, 2.75) is 19.8 Å². The standard InChI is InChI=1S/C13H17NO4/c1-3-8-18-11-6-4-10(5-7-11)14-12(15)9-13(16)17-2/h4-7H,3,8-9H2,1-2H3,(H,14,15). The maximum atomic E-state index is 11.4. The highest BCUT2D eigenvalue weighted by Gasteiger charge is 2.09. The summed E-state index contributed by atoms with van der Waals surface area (Å²) >= 11 is 0. The van der Waals surface area contributed by atoms with Gasteiger partial charge < -0.3 is 14.8 Å². The number of carbonyl (C=O) groups excluding carboxylic acids is 2. The normalized spacial score (nSPS) is 9.67. The van der Waals surface area contributed by atoms with E-state index in [1.165, 1.54) is 7.11 Å². The quantitative estimate of drug-likeness (QED) is 0.620. The van der Waals surface area contributed by atoms with E-state index < -0.39 is 11.9 Å². The Balaban J connectivity index is 2.47. The Labute approximate surface area is 106 Å². The van der Waals surface area contributed by atoms with Crippen LogP contribution in [-0.4, -0.2) is 25.6 Å². The number of amides is 1. The molecule has 0 aromatic heterocycles. The lowest BCUT2D eigenvalue weighted by atomic mass is 10.3. The molecule has 1 N–H and O–H groups in total. The highest BCUT2D eigenvalue weighted by Crippen LogP contribution is 2.16. The van der Waals surface area contributed by atoms with Gasteiger partial charge in [0.2, 0.25) is 5.91 Å². The van der Waals surface area contributed by atoms with Crippen molar-refractivity contribution < 1.29 is 19.1 Å². The van der Waals surface area contributed by atoms with Gasteiger partial charge in [0.25, 0.3) is 0 Å². The number of ether oxygens (including phenoxy) is 2. The number of esters is 1. The number of benzene rings is 1. The van der Waals surface area contributed by atoms with Crippen LogP contribution in [0.2, 0.25) is 0 Å². The van der Waals surface area contributed by atoms with Gasteiger partial charge in [-0.25, -0.2) is 0 Å². The molecule has 0 unspecified atom stereocenters. The highest BCUT2D eigenvalue weighted by molar-refractivity contribution is 6.01. The zero-order chi connectivity index (χ0) is 13.4. The van der Waals surface area contributed by atoms with Gasteiger partial charge >= 0.3 is 5.97 Å². The van der Waals surface area contributed by atoms with Crippen LogP contribution in [0.15, 0.2) is 24.3 Å². The van der Waals surface area contributed by atoms with E-state index in [9.17, 15) is 9.59 Å². The van der Waals surface area contributed by atoms with Crippen molar-refractivity contribution >= 4 is 17.6 Å². The Morgan fingerprint density at radius 3 is 2.44 bits per heavy atom. The fourth-order valence-corrected chi connectivity index (χ4v) is 1.26. The zero-order valence-electron chi connectivity index (χ0n) is 10.6. The van der Waals surface area contributed by atoms with Crippen molar-refractivity contribution in [3.63, 3.8) is 0 Å². The molecular weight excluding hydrogens is 234 g/mol. The first-order valence-corrected chi connectivity index (χ1v) is 5.75. The van der Waals surface area contributed by atoms with Crippen molar-refractivity contribution in [2.75, 3.05) is 19.0 Å². The molecular formula is C13H17NO4. The second kappa shape index (κ2) is 7.32. The first kappa shape index (κ1) is 14.0. The highest BCUT2D eigenvalue weighted by atomic mass is 16.5. The van der Waals surface area contributed by atoms with Gasteiger partial charge in [-0.1, -0.05) is 6.92 Å². The van der Waals surface area contributed by atoms with E-state index in [1.807, 2.05) is 6.92 Å². The van der Waals surface area contributed by atoms with E-state index in [0.29, 0.717) is 12.3 Å². The molecule has 0 atom stereocenters. The molecule has 0 aliphatic heterocycles. The molecule has 1 aromatic carbocycles. The Morgan fingerprint density at radius 1 is 1.22 bits per heavy atom. The summed E-state index contributed by atoms with van der Waals surface area (Å²) in [6.07, 6.45) is 0.655. The predicted octanol–water partition coefficient (Wildman–Crippen LogP) is 1.98. The third-order valence-electron chi connectivity index (χ3n) is 2.14. The van der Waals surface area contributed by atoms with E-state index >= 15 is 0 Å². The molecule has 1 aromatic rings. The SMILES string of the molecule is CCCOc1ccc(NC(=O)CC(=O)OC)cc1. The minimum atomic E-state index is -0.560. The molecule has 0 radical (unpaired) electrons. The second-order valence-corrected chi connectivity index (χ2v) is 3.67. The number of carbonyl (C=O) groups is 2. The van der Waals surface area contributed by atoms with Gasteiger partial charge in [0.1, 0.15) is 12.2 Å². The molecule has 98 valence electrons. The molecule has 5 nitrogen and oxygen atoms in total. The molecule has 5 heteroatoms. The van der Waals surface area contributed by atoms with Crippen LogP contribution in [-0.2, 0) is 14.3 Å². The first-order chi connectivity index (χ1) is 8.65. The van der Waals surface area contributed by atoms with Gasteiger partial charge in [-0.15, -0.1) is 0 Å². The lowest BCUT2D eigenvalue weighted by molar-refractivity contribution is -0.142. The minimum absolute atomic E-state index is 0.287. The molecule has 0 heterocycles. The van der Waals surface area contributed by atoms with Crippen LogP contribution in [0.25, 0.3) is 0 Å². The van der Waals surface area contributed by atoms with Crippen molar-refractivity contribution in [1.82, 2.24) is 0 Å². The molecule has 0 saturated carbocycles. The molecule has 0 bridgehead atoms. The Hall–Kier alpha value is -2.04. The summed E-state index contributed by atoms with van der Waals surface area (Å²) in [6, 6.07) is 6.98. The topological polar surface area (TPSA) is 64.6 Å². The monoisotopic (exact) mass is 251 g/mol. The van der Waals surface area contributed by atoms with E-state index in [1.54, 1.807) is 24.3 Å². The van der Waals surface area contributed by atoms with Crippen LogP contribution in [0.5, 0.6) is 5.75 Å². The number of methoxy groups -OCH3 is 1. The van der Waals surface area contributed by atoms with Crippen LogP contribution in [0.3, 0.4) is 0 Å². The third kappa shape index (κ3) is 4.86. The van der Waals surface area contributed by atoms with Gasteiger partial charge in [0.05, 0.1) is 13.7 Å². The molecule has 0 saturated heterocycles. The maximum Gasteiger partial charge on any atom is 0.315 e. The summed E-state index contributed by atoms with van der Waals surface area (Å²) in [6.45, 7) is 2.69. The number of rotatable bonds is 6. The summed E-state index contributed by atoms with van der Waals surface area (Å²) in [5.74, 6) is -0.206. The zero-order valence-corrected chi connectivity index (χ0v) is 10.6. The average Bonchev–Trinajstić information content (AvgIpc) is 2.37. The third-order valence-corrected chi connectivity index (χ3v) is 2.14. The van der Waals surface area contributed by atoms with Gasteiger partial charge in [0, 0.05) is 5.69 Å². The van der Waals surface area contributed by atoms with Crippen molar-refractivity contribution in [2.24, 2.45) is 0 Å². The van der Waals surface area contributed by atoms with Gasteiger partial charge in [0.15, 0.2) is 0 Å². The van der Waals surface area contributed by atoms with Crippen LogP contribution in [0, 0.1) is 0 Å². The molecule has 0 fully saturated rings. The Kier molecular flexibility index (Phi) is 5.70. The fraction of sp³-hybridized carbons (Fsp3) is 0.385. The summed E-state index contributed by atoms with van der Waals surface area (Å²) in [7, 11) is 1.25. The largest absolute Gasteiger partial charge is 0.494 e. The van der Waals surface area contributed by atoms with Crippen molar-refractivity contribution in [3.05, 3.63) is 24.3 Å². The fourth-order valence-electron chi connectivity index (χ4n) is 1.26. The second-order valence-electron chi connectivity index (χ2n) is 3.67. The molecule has 1 rings (SSSR count). The number of hydrogen-bond acceptors (Lipinski definition) is 4. The summed E-state index contributed by atoms with van der Waals surface area (Å²) in [5.41, 5.74) is 0.618. The number of anilines is 1. The van der Waals surface area contributed by atoms with E-state index in [2.05, 4.69) is 10.1 Å².